The zero-order valence-corrected chi connectivity index (χ0v) is 13.1. The van der Waals surface area contributed by atoms with Crippen LogP contribution in [0, 0.1) is 5.82 Å². The van der Waals surface area contributed by atoms with Gasteiger partial charge in [0.15, 0.2) is 0 Å². The van der Waals surface area contributed by atoms with Crippen molar-refractivity contribution in [3.05, 3.63) is 72.5 Å². The highest BCUT2D eigenvalue weighted by molar-refractivity contribution is 7.87. The van der Waals surface area contributed by atoms with Crippen molar-refractivity contribution in [3.8, 4) is 5.75 Å². The lowest BCUT2D eigenvalue weighted by Crippen LogP contribution is -2.11. The molecule has 4 nitrogen and oxygen atoms in total. The Bertz CT molecular complexity index is 1160. The van der Waals surface area contributed by atoms with E-state index in [9.17, 15) is 12.8 Å². The number of hydrogen-bond acceptors (Lipinski definition) is 4. The number of benzene rings is 3. The van der Waals surface area contributed by atoms with Crippen LogP contribution in [0.1, 0.15) is 0 Å². The van der Waals surface area contributed by atoms with Gasteiger partial charge in [-0.2, -0.15) is 8.42 Å². The minimum atomic E-state index is -4.25. The average Bonchev–Trinajstić information content (AvgIpc) is 2.93. The first-order chi connectivity index (χ1) is 11.5. The fraction of sp³-hybridized carbons (Fsp3) is 0. The van der Waals surface area contributed by atoms with Crippen LogP contribution in [0.15, 0.2) is 76.0 Å². The summed E-state index contributed by atoms with van der Waals surface area (Å²) in [7, 11) is -4.25. The summed E-state index contributed by atoms with van der Waals surface area (Å²) in [6, 6.07) is 17.2. The second-order valence-electron chi connectivity index (χ2n) is 5.22. The van der Waals surface area contributed by atoms with E-state index < -0.39 is 20.8 Å². The van der Waals surface area contributed by atoms with Crippen molar-refractivity contribution >= 4 is 32.1 Å². The van der Waals surface area contributed by atoms with Crippen LogP contribution in [0.25, 0.3) is 21.9 Å². The summed E-state index contributed by atoms with van der Waals surface area (Å²) in [5.74, 6) is -0.760. The predicted molar refractivity (Wildman–Crippen MR) is 87.9 cm³/mol. The molecule has 1 heterocycles. The molecule has 0 aliphatic carbocycles. The third-order valence-electron chi connectivity index (χ3n) is 3.66. The van der Waals surface area contributed by atoms with Crippen molar-refractivity contribution in [2.24, 2.45) is 0 Å². The molecule has 3 aromatic carbocycles. The Hall–Kier alpha value is -2.86. The van der Waals surface area contributed by atoms with Crippen LogP contribution < -0.4 is 4.18 Å². The maximum absolute atomic E-state index is 13.7. The van der Waals surface area contributed by atoms with Gasteiger partial charge in [0.05, 0.1) is 0 Å². The summed E-state index contributed by atoms with van der Waals surface area (Å²) < 4.78 is 49.0. The topological polar surface area (TPSA) is 56.5 Å². The highest BCUT2D eigenvalue weighted by Crippen LogP contribution is 2.32. The van der Waals surface area contributed by atoms with Gasteiger partial charge in [0.2, 0.25) is 0 Å². The number of hydrogen-bond donors (Lipinski definition) is 0. The summed E-state index contributed by atoms with van der Waals surface area (Å²) in [6.45, 7) is 0. The number of rotatable bonds is 3. The van der Waals surface area contributed by atoms with Gasteiger partial charge in [0, 0.05) is 10.8 Å². The zero-order valence-electron chi connectivity index (χ0n) is 12.3. The molecule has 0 fully saturated rings. The van der Waals surface area contributed by atoms with Gasteiger partial charge in [-0.05, 0) is 36.4 Å². The normalized spacial score (nSPS) is 11.9. The summed E-state index contributed by atoms with van der Waals surface area (Å²) in [6.07, 6.45) is 0. The van der Waals surface area contributed by atoms with Crippen LogP contribution in [0.3, 0.4) is 0 Å². The minimum Gasteiger partial charge on any atom is -0.456 e. The minimum absolute atomic E-state index is 0.0947. The Morgan fingerprint density at radius 2 is 1.54 bits per heavy atom. The molecular formula is C18H11FO4S. The molecule has 4 rings (SSSR count). The van der Waals surface area contributed by atoms with Gasteiger partial charge in [-0.3, -0.25) is 0 Å². The van der Waals surface area contributed by atoms with E-state index in [1.165, 1.54) is 18.2 Å². The molecular weight excluding hydrogens is 331 g/mol. The summed E-state index contributed by atoms with van der Waals surface area (Å²) in [5.41, 5.74) is 1.31. The molecule has 0 saturated carbocycles. The first-order valence-corrected chi connectivity index (χ1v) is 8.56. The Morgan fingerprint density at radius 3 is 2.38 bits per heavy atom. The molecule has 0 amide bonds. The fourth-order valence-corrected chi connectivity index (χ4v) is 3.57. The van der Waals surface area contributed by atoms with Gasteiger partial charge in [-0.1, -0.05) is 30.3 Å². The summed E-state index contributed by atoms with van der Waals surface area (Å²) in [5, 5.41) is 1.58. The highest BCUT2D eigenvalue weighted by Gasteiger charge is 2.21. The number of furan rings is 1. The van der Waals surface area contributed by atoms with Gasteiger partial charge < -0.3 is 8.60 Å². The van der Waals surface area contributed by atoms with Crippen LogP contribution >= 0.6 is 0 Å². The van der Waals surface area contributed by atoms with Gasteiger partial charge in [0.25, 0.3) is 0 Å². The molecule has 0 atom stereocenters. The molecule has 0 aliphatic rings. The van der Waals surface area contributed by atoms with Crippen LogP contribution in [-0.4, -0.2) is 8.42 Å². The first-order valence-electron chi connectivity index (χ1n) is 7.15. The van der Waals surface area contributed by atoms with Crippen molar-refractivity contribution < 1.29 is 21.4 Å². The lowest BCUT2D eigenvalue weighted by molar-refractivity contribution is 0.476. The number of para-hydroxylation sites is 1. The number of halogens is 1. The maximum Gasteiger partial charge on any atom is 0.342 e. The van der Waals surface area contributed by atoms with E-state index in [1.807, 2.05) is 24.3 Å². The SMILES string of the molecule is O=S(=O)(Oc1ccc2oc3ccccc3c2c1)c1ccccc1F. The third-order valence-corrected chi connectivity index (χ3v) is 4.94. The van der Waals surface area contributed by atoms with E-state index in [2.05, 4.69) is 0 Å². The molecule has 0 radical (unpaired) electrons. The van der Waals surface area contributed by atoms with Gasteiger partial charge in [0.1, 0.15) is 27.6 Å². The van der Waals surface area contributed by atoms with E-state index in [-0.39, 0.29) is 5.75 Å². The molecule has 120 valence electrons. The second-order valence-corrected chi connectivity index (χ2v) is 6.74. The molecule has 4 aromatic rings. The molecule has 0 saturated heterocycles. The highest BCUT2D eigenvalue weighted by atomic mass is 32.2. The van der Waals surface area contributed by atoms with E-state index in [4.69, 9.17) is 8.60 Å². The van der Waals surface area contributed by atoms with Gasteiger partial charge >= 0.3 is 10.1 Å². The lowest BCUT2D eigenvalue weighted by Gasteiger charge is -2.07. The number of fused-ring (bicyclic) bond motifs is 3. The molecule has 0 unspecified atom stereocenters. The van der Waals surface area contributed by atoms with Crippen LogP contribution in [0.5, 0.6) is 5.75 Å². The quantitative estimate of drug-likeness (QED) is 0.515. The third kappa shape index (κ3) is 2.41. The Morgan fingerprint density at radius 1 is 0.833 bits per heavy atom. The monoisotopic (exact) mass is 342 g/mol. The molecule has 0 spiro atoms. The fourth-order valence-electron chi connectivity index (χ4n) is 2.58. The van der Waals surface area contributed by atoms with Crippen LogP contribution in [-0.2, 0) is 10.1 Å². The van der Waals surface area contributed by atoms with Crippen molar-refractivity contribution in [1.29, 1.82) is 0 Å². The van der Waals surface area contributed by atoms with Gasteiger partial charge in [-0.15, -0.1) is 0 Å². The molecule has 6 heteroatoms. The zero-order chi connectivity index (χ0) is 16.7. The smallest absolute Gasteiger partial charge is 0.342 e. The van der Waals surface area contributed by atoms with E-state index in [1.54, 1.807) is 12.1 Å². The van der Waals surface area contributed by atoms with Crippen molar-refractivity contribution in [2.75, 3.05) is 0 Å². The summed E-state index contributed by atoms with van der Waals surface area (Å²) in [4.78, 5) is -0.498. The van der Waals surface area contributed by atoms with E-state index >= 15 is 0 Å². The lowest BCUT2D eigenvalue weighted by atomic mass is 10.1. The Balaban J connectivity index is 1.80. The van der Waals surface area contributed by atoms with Crippen molar-refractivity contribution in [3.63, 3.8) is 0 Å². The Labute approximate surface area is 137 Å². The maximum atomic E-state index is 13.7. The largest absolute Gasteiger partial charge is 0.456 e. The van der Waals surface area contributed by atoms with E-state index in [0.717, 1.165) is 22.9 Å². The van der Waals surface area contributed by atoms with Crippen molar-refractivity contribution in [2.45, 2.75) is 4.90 Å². The first kappa shape index (κ1) is 14.7. The molecule has 0 bridgehead atoms. The average molecular weight is 342 g/mol. The van der Waals surface area contributed by atoms with E-state index in [0.29, 0.717) is 11.2 Å². The molecule has 1 aromatic heterocycles. The molecule has 0 aliphatic heterocycles. The van der Waals surface area contributed by atoms with Crippen LogP contribution in [0.4, 0.5) is 4.39 Å². The predicted octanol–water partition coefficient (Wildman–Crippen LogP) is 4.49. The second kappa shape index (κ2) is 5.35. The summed E-state index contributed by atoms with van der Waals surface area (Å²) >= 11 is 0. The van der Waals surface area contributed by atoms with Gasteiger partial charge in [-0.25, -0.2) is 4.39 Å². The van der Waals surface area contributed by atoms with Crippen molar-refractivity contribution in [1.82, 2.24) is 0 Å². The molecule has 0 N–H and O–H groups in total. The standard InChI is InChI=1S/C18H11FO4S/c19-15-6-2-4-8-18(15)24(20,21)23-12-9-10-17-14(11-12)13-5-1-3-7-16(13)22-17/h1-11H. The Kier molecular flexibility index (Phi) is 3.28. The molecule has 24 heavy (non-hydrogen) atoms. The van der Waals surface area contributed by atoms with Crippen LogP contribution in [0.2, 0.25) is 0 Å².